The van der Waals surface area contributed by atoms with Gasteiger partial charge in [0.2, 0.25) is 5.91 Å². The smallest absolute Gasteiger partial charge is 0.250 e. The number of aryl methyl sites for hydroxylation is 1. The number of carbonyl (C=O) groups is 1. The van der Waals surface area contributed by atoms with E-state index in [-0.39, 0.29) is 5.91 Å². The highest BCUT2D eigenvalue weighted by atomic mass is 35.5. The van der Waals surface area contributed by atoms with Crippen LogP contribution in [-0.4, -0.2) is 20.3 Å². The number of imidazole rings is 1. The Morgan fingerprint density at radius 2 is 2.25 bits per heavy atom. The number of nitrogens with zero attached hydrogens (tertiary/aromatic N) is 3. The summed E-state index contributed by atoms with van der Waals surface area (Å²) in [5.74, 6) is -0.257. The molecule has 1 aromatic carbocycles. The van der Waals surface area contributed by atoms with Gasteiger partial charge in [-0.2, -0.15) is 0 Å². The largest absolute Gasteiger partial charge is 0.298 e. The number of fused-ring (bicyclic) bond motifs is 2. The first-order valence-electron chi connectivity index (χ1n) is 7.07. The first kappa shape index (κ1) is 15.3. The molecule has 0 aliphatic rings. The van der Waals surface area contributed by atoms with Gasteiger partial charge in [0.15, 0.2) is 15.2 Å². The van der Waals surface area contributed by atoms with Crippen LogP contribution < -0.4 is 5.32 Å². The number of hydrogen-bond acceptors (Lipinski definition) is 5. The lowest BCUT2D eigenvalue weighted by atomic mass is 10.2. The zero-order chi connectivity index (χ0) is 16.7. The van der Waals surface area contributed by atoms with Crippen LogP contribution >= 0.6 is 34.3 Å². The fraction of sp³-hybridized carbons (Fsp3) is 0.0625. The van der Waals surface area contributed by atoms with Crippen molar-refractivity contribution in [1.82, 2.24) is 14.4 Å². The quantitative estimate of drug-likeness (QED) is 0.532. The second kappa shape index (κ2) is 6.01. The molecule has 0 radical (unpaired) electrons. The number of hydrogen-bond donors (Lipinski definition) is 1. The first-order valence-corrected chi connectivity index (χ1v) is 9.15. The Hall–Kier alpha value is -2.22. The normalized spacial score (nSPS) is 11.8. The molecule has 1 amide bonds. The van der Waals surface area contributed by atoms with Gasteiger partial charge in [-0.25, -0.2) is 9.97 Å². The lowest BCUT2D eigenvalue weighted by Gasteiger charge is -1.95. The molecule has 3 aromatic heterocycles. The summed E-state index contributed by atoms with van der Waals surface area (Å²) >= 11 is 9.04. The highest BCUT2D eigenvalue weighted by Gasteiger charge is 2.10. The number of amides is 1. The van der Waals surface area contributed by atoms with Gasteiger partial charge in [-0.3, -0.25) is 14.5 Å². The zero-order valence-corrected chi connectivity index (χ0v) is 14.9. The van der Waals surface area contributed by atoms with Crippen LogP contribution in [-0.2, 0) is 4.79 Å². The van der Waals surface area contributed by atoms with Gasteiger partial charge in [0, 0.05) is 17.7 Å². The van der Waals surface area contributed by atoms with Crippen molar-refractivity contribution in [1.29, 1.82) is 0 Å². The molecule has 120 valence electrons. The SMILES string of the molecule is Cc1ccc2nc(NC(=O)C=Cc3c(Cl)nc4sccn34)sc2c1. The fourth-order valence-corrected chi connectivity index (χ4v) is 4.29. The lowest BCUT2D eigenvalue weighted by Crippen LogP contribution is -2.07. The zero-order valence-electron chi connectivity index (χ0n) is 12.5. The highest BCUT2D eigenvalue weighted by Crippen LogP contribution is 2.27. The predicted octanol–water partition coefficient (Wildman–Crippen LogP) is 4.62. The highest BCUT2D eigenvalue weighted by molar-refractivity contribution is 7.22. The molecule has 0 aliphatic carbocycles. The molecule has 1 N–H and O–H groups in total. The number of aromatic nitrogens is 3. The topological polar surface area (TPSA) is 59.3 Å². The van der Waals surface area contributed by atoms with Crippen molar-refractivity contribution in [3.8, 4) is 0 Å². The van der Waals surface area contributed by atoms with Crippen molar-refractivity contribution >= 4 is 66.6 Å². The maximum atomic E-state index is 12.1. The van der Waals surface area contributed by atoms with Gasteiger partial charge in [0.1, 0.15) is 0 Å². The number of benzene rings is 1. The predicted molar refractivity (Wildman–Crippen MR) is 100 cm³/mol. The van der Waals surface area contributed by atoms with Gasteiger partial charge in [-0.05, 0) is 30.7 Å². The summed E-state index contributed by atoms with van der Waals surface area (Å²) < 4.78 is 2.89. The Labute approximate surface area is 150 Å². The van der Waals surface area contributed by atoms with E-state index in [2.05, 4.69) is 21.4 Å². The minimum absolute atomic E-state index is 0.257. The maximum Gasteiger partial charge on any atom is 0.250 e. The Morgan fingerprint density at radius 1 is 1.38 bits per heavy atom. The number of nitrogens with one attached hydrogen (secondary N) is 1. The van der Waals surface area contributed by atoms with E-state index < -0.39 is 0 Å². The summed E-state index contributed by atoms with van der Waals surface area (Å²) in [4.78, 5) is 21.6. The van der Waals surface area contributed by atoms with E-state index in [1.807, 2.05) is 35.0 Å². The van der Waals surface area contributed by atoms with Gasteiger partial charge in [0.05, 0.1) is 15.9 Å². The molecule has 0 spiro atoms. The van der Waals surface area contributed by atoms with Crippen LogP contribution in [0, 0.1) is 6.92 Å². The molecule has 3 heterocycles. The molecule has 4 aromatic rings. The van der Waals surface area contributed by atoms with E-state index >= 15 is 0 Å². The number of halogens is 1. The average Bonchev–Trinajstić information content (AvgIpc) is 3.19. The molecule has 4 rings (SSSR count). The van der Waals surface area contributed by atoms with E-state index in [0.717, 1.165) is 15.2 Å². The van der Waals surface area contributed by atoms with Gasteiger partial charge < -0.3 is 0 Å². The molecule has 0 saturated carbocycles. The molecule has 0 saturated heterocycles. The second-order valence-corrected chi connectivity index (χ2v) is 7.42. The van der Waals surface area contributed by atoms with E-state index in [9.17, 15) is 4.79 Å². The molecule has 0 bridgehead atoms. The number of rotatable bonds is 3. The van der Waals surface area contributed by atoms with Gasteiger partial charge in [-0.15, -0.1) is 11.3 Å². The number of thiazole rings is 2. The maximum absolute atomic E-state index is 12.1. The van der Waals surface area contributed by atoms with Crippen LogP contribution in [0.15, 0.2) is 35.9 Å². The van der Waals surface area contributed by atoms with E-state index in [4.69, 9.17) is 11.6 Å². The first-order chi connectivity index (χ1) is 11.6. The van der Waals surface area contributed by atoms with Crippen molar-refractivity contribution in [3.63, 3.8) is 0 Å². The monoisotopic (exact) mass is 374 g/mol. The van der Waals surface area contributed by atoms with Crippen molar-refractivity contribution in [3.05, 3.63) is 52.3 Å². The molecule has 0 atom stereocenters. The lowest BCUT2D eigenvalue weighted by molar-refractivity contribution is -0.111. The molecule has 0 aliphatic heterocycles. The molecular weight excluding hydrogens is 364 g/mol. The van der Waals surface area contributed by atoms with E-state index in [1.165, 1.54) is 34.3 Å². The van der Waals surface area contributed by atoms with Crippen LogP contribution in [0.2, 0.25) is 5.15 Å². The summed E-state index contributed by atoms with van der Waals surface area (Å²) in [6.07, 6.45) is 4.96. The molecule has 24 heavy (non-hydrogen) atoms. The summed E-state index contributed by atoms with van der Waals surface area (Å²) in [5, 5.41) is 5.65. The standard InChI is InChI=1S/C16H11ClN4OS2/c1-9-2-3-10-12(8-9)24-15(18-10)19-13(22)5-4-11-14(17)20-16-21(11)6-7-23-16/h2-8H,1H3,(H,18,19,22). The Bertz CT molecular complexity index is 1090. The van der Waals surface area contributed by atoms with E-state index in [1.54, 1.807) is 6.08 Å². The molecule has 5 nitrogen and oxygen atoms in total. The minimum atomic E-state index is -0.257. The van der Waals surface area contributed by atoms with Crippen LogP contribution in [0.4, 0.5) is 5.13 Å². The van der Waals surface area contributed by atoms with Gasteiger partial charge in [0.25, 0.3) is 0 Å². The number of anilines is 1. The summed E-state index contributed by atoms with van der Waals surface area (Å²) in [7, 11) is 0. The average molecular weight is 375 g/mol. The molecular formula is C16H11ClN4OS2. The third-order valence-corrected chi connectivity index (χ3v) is 5.39. The molecule has 8 heteroatoms. The summed E-state index contributed by atoms with van der Waals surface area (Å²) in [5.41, 5.74) is 2.73. The summed E-state index contributed by atoms with van der Waals surface area (Å²) in [6.45, 7) is 2.03. The second-order valence-electron chi connectivity index (χ2n) is 5.16. The third-order valence-electron chi connectivity index (χ3n) is 3.42. The van der Waals surface area contributed by atoms with Gasteiger partial charge in [-0.1, -0.05) is 29.0 Å². The number of carbonyl (C=O) groups excluding carboxylic acids is 1. The Kier molecular flexibility index (Phi) is 3.84. The van der Waals surface area contributed by atoms with Gasteiger partial charge >= 0.3 is 0 Å². The Balaban J connectivity index is 1.55. The van der Waals surface area contributed by atoms with Crippen molar-refractivity contribution in [2.24, 2.45) is 0 Å². The van der Waals surface area contributed by atoms with Crippen LogP contribution in [0.3, 0.4) is 0 Å². The van der Waals surface area contributed by atoms with Crippen molar-refractivity contribution in [2.45, 2.75) is 6.92 Å². The Morgan fingerprint density at radius 3 is 3.12 bits per heavy atom. The van der Waals surface area contributed by atoms with Crippen LogP contribution in [0.5, 0.6) is 0 Å². The minimum Gasteiger partial charge on any atom is -0.298 e. The van der Waals surface area contributed by atoms with Crippen LogP contribution in [0.1, 0.15) is 11.3 Å². The van der Waals surface area contributed by atoms with E-state index in [0.29, 0.717) is 16.0 Å². The fourth-order valence-electron chi connectivity index (χ4n) is 2.31. The molecule has 0 unspecified atom stereocenters. The van der Waals surface area contributed by atoms with Crippen LogP contribution in [0.25, 0.3) is 21.3 Å². The van der Waals surface area contributed by atoms with Crippen molar-refractivity contribution < 1.29 is 4.79 Å². The van der Waals surface area contributed by atoms with Crippen molar-refractivity contribution in [2.75, 3.05) is 5.32 Å². The third kappa shape index (κ3) is 2.82. The summed E-state index contributed by atoms with van der Waals surface area (Å²) in [6, 6.07) is 6.01. The molecule has 0 fully saturated rings.